The van der Waals surface area contributed by atoms with E-state index in [1.54, 1.807) is 11.8 Å². The van der Waals surface area contributed by atoms with Gasteiger partial charge >= 0.3 is 0 Å². The van der Waals surface area contributed by atoms with Gasteiger partial charge in [0, 0.05) is 12.0 Å². The summed E-state index contributed by atoms with van der Waals surface area (Å²) in [6, 6.07) is 6.79. The molecule has 4 unspecified atom stereocenters. The number of imide groups is 1. The zero-order valence-electron chi connectivity index (χ0n) is 16.8. The van der Waals surface area contributed by atoms with E-state index in [2.05, 4.69) is 5.32 Å². The predicted molar refractivity (Wildman–Crippen MR) is 112 cm³/mol. The number of fused-ring (bicyclic) bond motifs is 2. The second kappa shape index (κ2) is 8.78. The van der Waals surface area contributed by atoms with Crippen LogP contribution in [0.1, 0.15) is 50.1 Å². The zero-order chi connectivity index (χ0) is 20.4. The van der Waals surface area contributed by atoms with Gasteiger partial charge in [-0.05, 0) is 37.3 Å². The Balaban J connectivity index is 1.55. The van der Waals surface area contributed by atoms with Crippen molar-refractivity contribution >= 4 is 29.5 Å². The number of benzene rings is 1. The first-order chi connectivity index (χ1) is 14.1. The van der Waals surface area contributed by atoms with Crippen LogP contribution in [0, 0.1) is 11.8 Å². The number of thioether (sulfide) groups is 1. The number of rotatable bonds is 6. The molecule has 0 spiro atoms. The summed E-state index contributed by atoms with van der Waals surface area (Å²) in [6.07, 6.45) is 6.60. The van der Waals surface area contributed by atoms with Crippen LogP contribution in [0.3, 0.4) is 0 Å². The van der Waals surface area contributed by atoms with Crippen molar-refractivity contribution in [1.29, 1.82) is 0 Å². The molecule has 2 aliphatic heterocycles. The first kappa shape index (κ1) is 20.3. The monoisotopic (exact) mass is 416 g/mol. The molecule has 4 rings (SSSR count). The minimum atomic E-state index is -0.733. The summed E-state index contributed by atoms with van der Waals surface area (Å²) >= 11 is 1.62. The van der Waals surface area contributed by atoms with Crippen LogP contribution in [0.4, 0.5) is 0 Å². The van der Waals surface area contributed by atoms with Crippen LogP contribution in [-0.2, 0) is 14.4 Å². The van der Waals surface area contributed by atoms with Crippen molar-refractivity contribution in [3.8, 4) is 5.75 Å². The molecule has 3 aliphatic rings. The molecule has 1 saturated heterocycles. The Morgan fingerprint density at radius 1 is 1.17 bits per heavy atom. The molecule has 29 heavy (non-hydrogen) atoms. The van der Waals surface area contributed by atoms with E-state index in [9.17, 15) is 14.4 Å². The number of nitrogens with one attached hydrogen (secondary N) is 1. The van der Waals surface area contributed by atoms with Gasteiger partial charge in [-0.15, -0.1) is 0 Å². The van der Waals surface area contributed by atoms with Gasteiger partial charge in [-0.2, -0.15) is 11.8 Å². The number of carbonyl (C=O) groups is 3. The molecular formula is C22H28N2O4S. The standard InChI is InChI=1S/C22H28N2O4S/c1-29-13-11-18(24-21(26)14-6-2-3-7-15(14)22(24)27)20(25)23-17-10-12-28-19-9-5-4-8-16(17)19/h4-5,8-9,14-15,17-18H,2-3,6-7,10-13H2,1H3,(H,23,25). The molecule has 0 aromatic heterocycles. The number of hydrogen-bond donors (Lipinski definition) is 1. The first-order valence-corrected chi connectivity index (χ1v) is 11.9. The van der Waals surface area contributed by atoms with Crippen LogP contribution in [0.2, 0.25) is 0 Å². The Kier molecular flexibility index (Phi) is 6.13. The molecule has 1 saturated carbocycles. The average Bonchev–Trinajstić information content (AvgIpc) is 3.00. The molecular weight excluding hydrogens is 388 g/mol. The number of amides is 3. The highest BCUT2D eigenvalue weighted by Crippen LogP contribution is 2.39. The lowest BCUT2D eigenvalue weighted by Crippen LogP contribution is -2.51. The maximum Gasteiger partial charge on any atom is 0.243 e. The van der Waals surface area contributed by atoms with Gasteiger partial charge in [-0.1, -0.05) is 31.0 Å². The summed E-state index contributed by atoms with van der Waals surface area (Å²) in [7, 11) is 0. The Hall–Kier alpha value is -2.02. The summed E-state index contributed by atoms with van der Waals surface area (Å²) in [5.41, 5.74) is 0.948. The molecule has 1 aromatic carbocycles. The number of carbonyl (C=O) groups excluding carboxylic acids is 3. The third kappa shape index (κ3) is 3.89. The lowest BCUT2D eigenvalue weighted by atomic mass is 9.81. The third-order valence-electron chi connectivity index (χ3n) is 6.36. The topological polar surface area (TPSA) is 75.7 Å². The summed E-state index contributed by atoms with van der Waals surface area (Å²) in [5, 5.41) is 3.11. The highest BCUT2D eigenvalue weighted by Gasteiger charge is 2.51. The lowest BCUT2D eigenvalue weighted by molar-refractivity contribution is -0.148. The molecule has 2 heterocycles. The van der Waals surface area contributed by atoms with Crippen LogP contribution in [0.25, 0.3) is 0 Å². The maximum atomic E-state index is 13.3. The van der Waals surface area contributed by atoms with E-state index < -0.39 is 6.04 Å². The van der Waals surface area contributed by atoms with Crippen LogP contribution in [-0.4, -0.2) is 47.3 Å². The van der Waals surface area contributed by atoms with Gasteiger partial charge < -0.3 is 10.1 Å². The van der Waals surface area contributed by atoms with Crippen molar-refractivity contribution in [2.45, 2.75) is 50.6 Å². The fourth-order valence-corrected chi connectivity index (χ4v) is 5.32. The highest BCUT2D eigenvalue weighted by atomic mass is 32.2. The van der Waals surface area contributed by atoms with E-state index in [4.69, 9.17) is 4.74 Å². The summed E-state index contributed by atoms with van der Waals surface area (Å²) in [5.74, 6) is 0.510. The molecule has 4 atom stereocenters. The SMILES string of the molecule is CSCCC(C(=O)NC1CCOc2ccccc21)N1C(=O)C2CCCCC2C1=O. The van der Waals surface area contributed by atoms with Gasteiger partial charge in [0.1, 0.15) is 11.8 Å². The summed E-state index contributed by atoms with van der Waals surface area (Å²) in [6.45, 7) is 0.531. The van der Waals surface area contributed by atoms with Gasteiger partial charge in [0.25, 0.3) is 0 Å². The number of hydrogen-bond acceptors (Lipinski definition) is 5. The molecule has 1 N–H and O–H groups in total. The van der Waals surface area contributed by atoms with Gasteiger partial charge in [0.2, 0.25) is 17.7 Å². The Morgan fingerprint density at radius 3 is 2.55 bits per heavy atom. The zero-order valence-corrected chi connectivity index (χ0v) is 17.6. The molecule has 3 amide bonds. The second-order valence-electron chi connectivity index (χ2n) is 8.08. The fraction of sp³-hybridized carbons (Fsp3) is 0.591. The molecule has 0 bridgehead atoms. The van der Waals surface area contributed by atoms with Crippen molar-refractivity contribution in [1.82, 2.24) is 10.2 Å². The smallest absolute Gasteiger partial charge is 0.243 e. The molecule has 7 heteroatoms. The lowest BCUT2D eigenvalue weighted by Gasteiger charge is -2.31. The van der Waals surface area contributed by atoms with E-state index >= 15 is 0 Å². The molecule has 0 radical (unpaired) electrons. The van der Waals surface area contributed by atoms with E-state index in [0.29, 0.717) is 19.4 Å². The van der Waals surface area contributed by atoms with Crippen LogP contribution in [0.15, 0.2) is 24.3 Å². The highest BCUT2D eigenvalue weighted by molar-refractivity contribution is 7.98. The number of ether oxygens (including phenoxy) is 1. The number of nitrogens with zero attached hydrogens (tertiary/aromatic N) is 1. The van der Waals surface area contributed by atoms with Crippen LogP contribution >= 0.6 is 11.8 Å². The van der Waals surface area contributed by atoms with Gasteiger partial charge in [-0.25, -0.2) is 0 Å². The maximum absolute atomic E-state index is 13.3. The van der Waals surface area contributed by atoms with E-state index in [1.165, 1.54) is 4.90 Å². The summed E-state index contributed by atoms with van der Waals surface area (Å²) < 4.78 is 5.69. The predicted octanol–water partition coefficient (Wildman–Crippen LogP) is 2.92. The van der Waals surface area contributed by atoms with Crippen molar-refractivity contribution in [2.75, 3.05) is 18.6 Å². The minimum Gasteiger partial charge on any atom is -0.493 e. The van der Waals surface area contributed by atoms with E-state index in [-0.39, 0.29) is 35.6 Å². The van der Waals surface area contributed by atoms with Gasteiger partial charge in [0.15, 0.2) is 0 Å². The van der Waals surface area contributed by atoms with Gasteiger partial charge in [0.05, 0.1) is 24.5 Å². The quantitative estimate of drug-likeness (QED) is 0.722. The third-order valence-corrected chi connectivity index (χ3v) is 7.00. The number of likely N-dealkylation sites (tertiary alicyclic amines) is 1. The molecule has 1 aliphatic carbocycles. The first-order valence-electron chi connectivity index (χ1n) is 10.5. The number of para-hydroxylation sites is 1. The van der Waals surface area contributed by atoms with Crippen LogP contribution in [0.5, 0.6) is 5.75 Å². The fourth-order valence-electron chi connectivity index (χ4n) is 4.86. The Bertz CT molecular complexity index is 775. The summed E-state index contributed by atoms with van der Waals surface area (Å²) in [4.78, 5) is 40.7. The largest absolute Gasteiger partial charge is 0.493 e. The second-order valence-corrected chi connectivity index (χ2v) is 9.06. The minimum absolute atomic E-state index is 0.145. The molecule has 1 aromatic rings. The van der Waals surface area contributed by atoms with Gasteiger partial charge in [-0.3, -0.25) is 19.3 Å². The molecule has 2 fully saturated rings. The van der Waals surface area contributed by atoms with Crippen molar-refractivity contribution in [2.24, 2.45) is 11.8 Å². The molecule has 156 valence electrons. The average molecular weight is 417 g/mol. The van der Waals surface area contributed by atoms with Crippen molar-refractivity contribution in [3.05, 3.63) is 29.8 Å². The van der Waals surface area contributed by atoms with Crippen molar-refractivity contribution < 1.29 is 19.1 Å². The Morgan fingerprint density at radius 2 is 1.86 bits per heavy atom. The Labute approximate surface area is 175 Å². The van der Waals surface area contributed by atoms with Crippen molar-refractivity contribution in [3.63, 3.8) is 0 Å². The normalized spacial score (nSPS) is 27.1. The molecule has 6 nitrogen and oxygen atoms in total. The van der Waals surface area contributed by atoms with E-state index in [1.807, 2.05) is 30.5 Å². The van der Waals surface area contributed by atoms with E-state index in [0.717, 1.165) is 42.7 Å². The van der Waals surface area contributed by atoms with Crippen LogP contribution < -0.4 is 10.1 Å².